The summed E-state index contributed by atoms with van der Waals surface area (Å²) in [5, 5.41) is 4.52. The standard InChI is InChI=1S/C16H24ClN/c1-2-13-4-3-5-16(11-8-13)18-12-14-6-9-15(17)10-7-14/h6-7,9-10,13,16,18H,2-5,8,11-12H2,1H3. The zero-order valence-corrected chi connectivity index (χ0v) is 12.0. The summed E-state index contributed by atoms with van der Waals surface area (Å²) < 4.78 is 0. The van der Waals surface area contributed by atoms with Gasteiger partial charge in [0.05, 0.1) is 0 Å². The van der Waals surface area contributed by atoms with Crippen molar-refractivity contribution in [3.05, 3.63) is 34.9 Å². The van der Waals surface area contributed by atoms with Crippen molar-refractivity contribution in [1.29, 1.82) is 0 Å². The van der Waals surface area contributed by atoms with Gasteiger partial charge in [-0.15, -0.1) is 0 Å². The fourth-order valence-electron chi connectivity index (χ4n) is 2.86. The van der Waals surface area contributed by atoms with Crippen LogP contribution in [0.4, 0.5) is 0 Å². The molecule has 1 N–H and O–H groups in total. The summed E-state index contributed by atoms with van der Waals surface area (Å²) in [4.78, 5) is 0. The van der Waals surface area contributed by atoms with Crippen molar-refractivity contribution in [2.24, 2.45) is 5.92 Å². The Labute approximate surface area is 116 Å². The quantitative estimate of drug-likeness (QED) is 0.772. The van der Waals surface area contributed by atoms with Gasteiger partial charge in [0.1, 0.15) is 0 Å². The second-order valence-electron chi connectivity index (χ2n) is 5.49. The van der Waals surface area contributed by atoms with Crippen LogP contribution >= 0.6 is 11.6 Å². The molecule has 100 valence electrons. The van der Waals surface area contributed by atoms with E-state index >= 15 is 0 Å². The second kappa shape index (κ2) is 7.16. The first-order chi connectivity index (χ1) is 8.78. The molecule has 0 heterocycles. The molecule has 0 spiro atoms. The highest BCUT2D eigenvalue weighted by atomic mass is 35.5. The Morgan fingerprint density at radius 3 is 2.61 bits per heavy atom. The third-order valence-electron chi connectivity index (χ3n) is 4.17. The van der Waals surface area contributed by atoms with Gasteiger partial charge in [-0.3, -0.25) is 0 Å². The maximum absolute atomic E-state index is 5.89. The summed E-state index contributed by atoms with van der Waals surface area (Å²) in [6.07, 6.45) is 8.24. The molecule has 0 aliphatic heterocycles. The highest BCUT2D eigenvalue weighted by Crippen LogP contribution is 2.25. The van der Waals surface area contributed by atoms with E-state index in [0.29, 0.717) is 6.04 Å². The van der Waals surface area contributed by atoms with E-state index in [-0.39, 0.29) is 0 Å². The predicted molar refractivity (Wildman–Crippen MR) is 78.9 cm³/mol. The number of hydrogen-bond acceptors (Lipinski definition) is 1. The van der Waals surface area contributed by atoms with Gasteiger partial charge in [-0.25, -0.2) is 0 Å². The van der Waals surface area contributed by atoms with E-state index in [1.54, 1.807) is 0 Å². The Bertz CT molecular complexity index is 347. The summed E-state index contributed by atoms with van der Waals surface area (Å²) in [6.45, 7) is 3.30. The molecule has 2 atom stereocenters. The molecule has 1 aliphatic rings. The van der Waals surface area contributed by atoms with Gasteiger partial charge in [0.15, 0.2) is 0 Å². The van der Waals surface area contributed by atoms with Gasteiger partial charge < -0.3 is 5.32 Å². The molecule has 1 aromatic rings. The maximum atomic E-state index is 5.89. The molecular formula is C16H24ClN. The number of halogens is 1. The summed E-state index contributed by atoms with van der Waals surface area (Å²) in [5.41, 5.74) is 1.33. The van der Waals surface area contributed by atoms with Gasteiger partial charge in [-0.2, -0.15) is 0 Å². The summed E-state index contributed by atoms with van der Waals surface area (Å²) in [6, 6.07) is 8.87. The molecule has 1 nitrogen and oxygen atoms in total. The topological polar surface area (TPSA) is 12.0 Å². The first-order valence-electron chi connectivity index (χ1n) is 7.25. The molecule has 0 amide bonds. The minimum Gasteiger partial charge on any atom is -0.310 e. The summed E-state index contributed by atoms with van der Waals surface area (Å²) in [7, 11) is 0. The van der Waals surface area contributed by atoms with Gasteiger partial charge in [-0.1, -0.05) is 49.9 Å². The van der Waals surface area contributed by atoms with Crippen molar-refractivity contribution in [1.82, 2.24) is 5.32 Å². The SMILES string of the molecule is CCC1CCCC(NCc2ccc(Cl)cc2)CC1. The predicted octanol–water partition coefficient (Wildman–Crippen LogP) is 4.79. The molecule has 0 aromatic heterocycles. The lowest BCUT2D eigenvalue weighted by molar-refractivity contribution is 0.425. The van der Waals surface area contributed by atoms with Gasteiger partial charge in [0.2, 0.25) is 0 Å². The van der Waals surface area contributed by atoms with Crippen molar-refractivity contribution in [2.75, 3.05) is 0 Å². The minimum atomic E-state index is 0.706. The average Bonchev–Trinajstić information content (AvgIpc) is 2.63. The van der Waals surface area contributed by atoms with Crippen LogP contribution < -0.4 is 5.32 Å². The Kier molecular flexibility index (Phi) is 5.52. The molecule has 2 rings (SSSR count). The van der Waals surface area contributed by atoms with Crippen LogP contribution in [0, 0.1) is 5.92 Å². The molecule has 18 heavy (non-hydrogen) atoms. The molecule has 1 fully saturated rings. The van der Waals surface area contributed by atoms with Crippen molar-refractivity contribution >= 4 is 11.6 Å². The van der Waals surface area contributed by atoms with Crippen LogP contribution in [0.1, 0.15) is 51.0 Å². The van der Waals surface area contributed by atoms with Crippen molar-refractivity contribution in [3.63, 3.8) is 0 Å². The third kappa shape index (κ3) is 4.29. The van der Waals surface area contributed by atoms with E-state index < -0.39 is 0 Å². The van der Waals surface area contributed by atoms with Crippen LogP contribution in [-0.2, 0) is 6.54 Å². The normalized spacial score (nSPS) is 24.8. The van der Waals surface area contributed by atoms with Crippen molar-refractivity contribution < 1.29 is 0 Å². The van der Waals surface area contributed by atoms with Crippen molar-refractivity contribution in [2.45, 2.75) is 58.0 Å². The van der Waals surface area contributed by atoms with E-state index in [1.807, 2.05) is 12.1 Å². The van der Waals surface area contributed by atoms with Crippen LogP contribution in [-0.4, -0.2) is 6.04 Å². The average molecular weight is 266 g/mol. The molecule has 2 unspecified atom stereocenters. The molecule has 0 saturated heterocycles. The van der Waals surface area contributed by atoms with E-state index in [0.717, 1.165) is 17.5 Å². The molecular weight excluding hydrogens is 242 g/mol. The molecule has 0 radical (unpaired) electrons. The van der Waals surface area contributed by atoms with E-state index in [9.17, 15) is 0 Å². The molecule has 1 saturated carbocycles. The highest BCUT2D eigenvalue weighted by molar-refractivity contribution is 6.30. The maximum Gasteiger partial charge on any atom is 0.0406 e. The third-order valence-corrected chi connectivity index (χ3v) is 4.43. The van der Waals surface area contributed by atoms with Gasteiger partial charge >= 0.3 is 0 Å². The Hall–Kier alpha value is -0.530. The van der Waals surface area contributed by atoms with Gasteiger partial charge in [-0.05, 0) is 42.9 Å². The largest absolute Gasteiger partial charge is 0.310 e. The number of rotatable bonds is 4. The zero-order valence-electron chi connectivity index (χ0n) is 11.3. The Balaban J connectivity index is 1.77. The lowest BCUT2D eigenvalue weighted by Crippen LogP contribution is -2.27. The van der Waals surface area contributed by atoms with Crippen LogP contribution in [0.2, 0.25) is 5.02 Å². The molecule has 1 aliphatic carbocycles. The lowest BCUT2D eigenvalue weighted by Gasteiger charge is -2.16. The Morgan fingerprint density at radius 1 is 1.11 bits per heavy atom. The zero-order chi connectivity index (χ0) is 12.8. The van der Waals surface area contributed by atoms with Crippen LogP contribution in [0.5, 0.6) is 0 Å². The molecule has 1 aromatic carbocycles. The first kappa shape index (κ1) is 13.9. The van der Waals surface area contributed by atoms with Gasteiger partial charge in [0.25, 0.3) is 0 Å². The number of nitrogens with one attached hydrogen (secondary N) is 1. The van der Waals surface area contributed by atoms with Crippen LogP contribution in [0.25, 0.3) is 0 Å². The summed E-state index contributed by atoms with van der Waals surface area (Å²) in [5.74, 6) is 0.965. The van der Waals surface area contributed by atoms with Crippen LogP contribution in [0.3, 0.4) is 0 Å². The minimum absolute atomic E-state index is 0.706. The number of hydrogen-bond donors (Lipinski definition) is 1. The van der Waals surface area contributed by atoms with E-state index in [4.69, 9.17) is 11.6 Å². The fraction of sp³-hybridized carbons (Fsp3) is 0.625. The Morgan fingerprint density at radius 2 is 1.89 bits per heavy atom. The summed E-state index contributed by atoms with van der Waals surface area (Å²) >= 11 is 5.89. The smallest absolute Gasteiger partial charge is 0.0406 e. The van der Waals surface area contributed by atoms with E-state index in [2.05, 4.69) is 24.4 Å². The lowest BCUT2D eigenvalue weighted by atomic mass is 9.98. The molecule has 2 heteroatoms. The highest BCUT2D eigenvalue weighted by Gasteiger charge is 2.17. The second-order valence-corrected chi connectivity index (χ2v) is 5.92. The molecule has 0 bridgehead atoms. The van der Waals surface area contributed by atoms with Gasteiger partial charge in [0, 0.05) is 17.6 Å². The van der Waals surface area contributed by atoms with Crippen LogP contribution in [0.15, 0.2) is 24.3 Å². The van der Waals surface area contributed by atoms with Crippen molar-refractivity contribution in [3.8, 4) is 0 Å². The monoisotopic (exact) mass is 265 g/mol. The first-order valence-corrected chi connectivity index (χ1v) is 7.63. The van der Waals surface area contributed by atoms with E-state index in [1.165, 1.54) is 44.1 Å². The number of benzene rings is 1. The fourth-order valence-corrected chi connectivity index (χ4v) is 2.98.